The minimum atomic E-state index is -0.359. The third-order valence-electron chi connectivity index (χ3n) is 2.61. The molecule has 1 atom stereocenters. The van der Waals surface area contributed by atoms with E-state index in [1.807, 2.05) is 6.92 Å². The van der Waals surface area contributed by atoms with Gasteiger partial charge < -0.3 is 9.67 Å². The Bertz CT molecular complexity index is 310. The van der Waals surface area contributed by atoms with Crippen molar-refractivity contribution in [3.8, 4) is 0 Å². The minimum Gasteiger partial charge on any atom is -0.389 e. The summed E-state index contributed by atoms with van der Waals surface area (Å²) >= 11 is 0. The smallest absolute Gasteiger partial charge is 0.0779 e. The second-order valence-electron chi connectivity index (χ2n) is 4.51. The first-order valence-electron chi connectivity index (χ1n) is 5.28. The quantitative estimate of drug-likeness (QED) is 0.788. The van der Waals surface area contributed by atoms with Crippen LogP contribution in [0.2, 0.25) is 0 Å². The number of aromatic nitrogens is 1. The summed E-state index contributed by atoms with van der Waals surface area (Å²) in [6.45, 7) is 11.5. The number of aliphatic hydroxyl groups excluding tert-OH is 1. The zero-order valence-electron chi connectivity index (χ0n) is 9.83. The van der Waals surface area contributed by atoms with Crippen molar-refractivity contribution in [2.24, 2.45) is 5.92 Å². The zero-order valence-corrected chi connectivity index (χ0v) is 9.83. The Morgan fingerprint density at radius 3 is 2.21 bits per heavy atom. The van der Waals surface area contributed by atoms with Crippen molar-refractivity contribution in [2.45, 2.75) is 47.3 Å². The molecule has 0 fully saturated rings. The summed E-state index contributed by atoms with van der Waals surface area (Å²) in [6.07, 6.45) is -0.359. The summed E-state index contributed by atoms with van der Waals surface area (Å²) < 4.78 is 2.28. The lowest BCUT2D eigenvalue weighted by Crippen LogP contribution is -2.08. The van der Waals surface area contributed by atoms with E-state index in [9.17, 15) is 5.11 Å². The van der Waals surface area contributed by atoms with Crippen molar-refractivity contribution in [3.05, 3.63) is 23.0 Å². The van der Waals surface area contributed by atoms with Gasteiger partial charge in [-0.05, 0) is 32.8 Å². The van der Waals surface area contributed by atoms with Crippen LogP contribution in [0.3, 0.4) is 0 Å². The van der Waals surface area contributed by atoms with Gasteiger partial charge in [0.2, 0.25) is 0 Å². The molecule has 2 heteroatoms. The third-order valence-corrected chi connectivity index (χ3v) is 2.61. The molecule has 0 aliphatic heterocycles. The molecular weight excluding hydrogens is 174 g/mol. The molecule has 0 aromatic carbocycles. The lowest BCUT2D eigenvalue weighted by atomic mass is 10.1. The molecule has 0 aliphatic carbocycles. The van der Waals surface area contributed by atoms with E-state index < -0.39 is 0 Å². The molecule has 0 saturated heterocycles. The lowest BCUT2D eigenvalue weighted by molar-refractivity contribution is 0.198. The van der Waals surface area contributed by atoms with Gasteiger partial charge in [0, 0.05) is 23.5 Å². The fraction of sp³-hybridized carbons (Fsp3) is 0.667. The van der Waals surface area contributed by atoms with Gasteiger partial charge in [-0.3, -0.25) is 0 Å². The maximum Gasteiger partial charge on any atom is 0.0779 e. The van der Waals surface area contributed by atoms with Gasteiger partial charge in [0.1, 0.15) is 0 Å². The van der Waals surface area contributed by atoms with Crippen LogP contribution in [0.1, 0.15) is 43.8 Å². The molecule has 0 aliphatic rings. The summed E-state index contributed by atoms with van der Waals surface area (Å²) in [5.74, 6) is 0.640. The fourth-order valence-corrected chi connectivity index (χ4v) is 1.90. The van der Waals surface area contributed by atoms with E-state index in [0.29, 0.717) is 5.92 Å². The normalized spacial score (nSPS) is 13.6. The SMILES string of the molecule is Cc1cc([C@H](C)O)c(C)n1CC(C)C. The van der Waals surface area contributed by atoms with Gasteiger partial charge in [-0.1, -0.05) is 13.8 Å². The number of hydrogen-bond donors (Lipinski definition) is 1. The number of nitrogens with zero attached hydrogens (tertiary/aromatic N) is 1. The first kappa shape index (κ1) is 11.3. The van der Waals surface area contributed by atoms with Gasteiger partial charge in [0.25, 0.3) is 0 Å². The standard InChI is InChI=1S/C12H21NO/c1-8(2)7-13-9(3)6-12(10(13)4)11(5)14/h6,8,11,14H,7H2,1-5H3/t11-/m0/s1. The van der Waals surface area contributed by atoms with Crippen molar-refractivity contribution in [3.63, 3.8) is 0 Å². The Kier molecular flexibility index (Phi) is 3.38. The average Bonchev–Trinajstić information content (AvgIpc) is 2.31. The maximum atomic E-state index is 9.56. The van der Waals surface area contributed by atoms with Crippen molar-refractivity contribution in [1.29, 1.82) is 0 Å². The van der Waals surface area contributed by atoms with E-state index in [2.05, 4.69) is 38.3 Å². The van der Waals surface area contributed by atoms with Crippen LogP contribution in [0.4, 0.5) is 0 Å². The lowest BCUT2D eigenvalue weighted by Gasteiger charge is -2.12. The van der Waals surface area contributed by atoms with E-state index in [1.54, 1.807) is 0 Å². The Morgan fingerprint density at radius 1 is 1.29 bits per heavy atom. The van der Waals surface area contributed by atoms with Crippen LogP contribution in [0, 0.1) is 19.8 Å². The van der Waals surface area contributed by atoms with Gasteiger partial charge >= 0.3 is 0 Å². The van der Waals surface area contributed by atoms with Crippen molar-refractivity contribution in [1.82, 2.24) is 4.57 Å². The molecule has 1 aromatic heterocycles. The summed E-state index contributed by atoms with van der Waals surface area (Å²) in [5, 5.41) is 9.56. The van der Waals surface area contributed by atoms with Gasteiger partial charge in [-0.2, -0.15) is 0 Å². The third kappa shape index (κ3) is 2.18. The molecule has 0 unspecified atom stereocenters. The number of hydrogen-bond acceptors (Lipinski definition) is 1. The highest BCUT2D eigenvalue weighted by molar-refractivity contribution is 5.28. The first-order chi connectivity index (χ1) is 6.43. The van der Waals surface area contributed by atoms with Crippen LogP contribution in [-0.4, -0.2) is 9.67 Å². The molecular formula is C12H21NO. The van der Waals surface area contributed by atoms with Gasteiger partial charge in [-0.15, -0.1) is 0 Å². The van der Waals surface area contributed by atoms with Crippen LogP contribution in [0.15, 0.2) is 6.07 Å². The van der Waals surface area contributed by atoms with E-state index in [-0.39, 0.29) is 6.10 Å². The Hall–Kier alpha value is -0.760. The summed E-state index contributed by atoms with van der Waals surface area (Å²) in [5.41, 5.74) is 3.50. The molecule has 1 rings (SSSR count). The van der Waals surface area contributed by atoms with E-state index in [4.69, 9.17) is 0 Å². The highest BCUT2D eigenvalue weighted by Crippen LogP contribution is 2.22. The molecule has 1 heterocycles. The van der Waals surface area contributed by atoms with Gasteiger partial charge in [0.05, 0.1) is 6.10 Å². The average molecular weight is 195 g/mol. The van der Waals surface area contributed by atoms with Crippen LogP contribution < -0.4 is 0 Å². The van der Waals surface area contributed by atoms with Crippen LogP contribution >= 0.6 is 0 Å². The van der Waals surface area contributed by atoms with Crippen molar-refractivity contribution in [2.75, 3.05) is 0 Å². The fourth-order valence-electron chi connectivity index (χ4n) is 1.90. The van der Waals surface area contributed by atoms with Gasteiger partial charge in [-0.25, -0.2) is 0 Å². The molecule has 14 heavy (non-hydrogen) atoms. The first-order valence-corrected chi connectivity index (χ1v) is 5.28. The topological polar surface area (TPSA) is 25.2 Å². The van der Waals surface area contributed by atoms with Crippen LogP contribution in [-0.2, 0) is 6.54 Å². The molecule has 1 N–H and O–H groups in total. The Morgan fingerprint density at radius 2 is 1.86 bits per heavy atom. The second-order valence-corrected chi connectivity index (χ2v) is 4.51. The van der Waals surface area contributed by atoms with E-state index >= 15 is 0 Å². The zero-order chi connectivity index (χ0) is 10.9. The molecule has 2 nitrogen and oxygen atoms in total. The van der Waals surface area contributed by atoms with Crippen LogP contribution in [0.5, 0.6) is 0 Å². The maximum absolute atomic E-state index is 9.56. The summed E-state index contributed by atoms with van der Waals surface area (Å²) in [4.78, 5) is 0. The summed E-state index contributed by atoms with van der Waals surface area (Å²) in [7, 11) is 0. The second kappa shape index (κ2) is 4.18. The monoisotopic (exact) mass is 195 g/mol. The minimum absolute atomic E-state index is 0.359. The number of aryl methyl sites for hydroxylation is 1. The van der Waals surface area contributed by atoms with E-state index in [1.165, 1.54) is 11.4 Å². The van der Waals surface area contributed by atoms with Crippen molar-refractivity contribution < 1.29 is 5.11 Å². The molecule has 1 aromatic rings. The number of aliphatic hydroxyl groups is 1. The van der Waals surface area contributed by atoms with Crippen molar-refractivity contribution >= 4 is 0 Å². The highest BCUT2D eigenvalue weighted by Gasteiger charge is 2.12. The Labute approximate surface area is 86.6 Å². The predicted molar refractivity (Wildman–Crippen MR) is 59.4 cm³/mol. The molecule has 0 amide bonds. The molecule has 80 valence electrons. The molecule has 0 saturated carbocycles. The largest absolute Gasteiger partial charge is 0.389 e. The highest BCUT2D eigenvalue weighted by atomic mass is 16.3. The molecule has 0 spiro atoms. The van der Waals surface area contributed by atoms with Gasteiger partial charge in [0.15, 0.2) is 0 Å². The summed E-state index contributed by atoms with van der Waals surface area (Å²) in [6, 6.07) is 2.09. The van der Waals surface area contributed by atoms with Crippen LogP contribution in [0.25, 0.3) is 0 Å². The predicted octanol–water partition coefficient (Wildman–Crippen LogP) is 2.81. The molecule has 0 bridgehead atoms. The molecule has 0 radical (unpaired) electrons. The number of rotatable bonds is 3. The Balaban J connectivity index is 3.05. The van der Waals surface area contributed by atoms with E-state index in [0.717, 1.165) is 12.1 Å².